The van der Waals surface area contributed by atoms with E-state index in [1.54, 1.807) is 0 Å². The van der Waals surface area contributed by atoms with E-state index in [1.165, 1.54) is 56.1 Å². The van der Waals surface area contributed by atoms with E-state index in [0.717, 1.165) is 6.04 Å². The monoisotopic (exact) mass is 184 g/mol. The molecule has 2 unspecified atom stereocenters. The summed E-state index contributed by atoms with van der Waals surface area (Å²) in [5.74, 6) is 0. The van der Waals surface area contributed by atoms with Gasteiger partial charge in [0.1, 0.15) is 0 Å². The maximum Gasteiger partial charge on any atom is 0.0888 e. The second kappa shape index (κ2) is 4.99. The molecule has 0 N–H and O–H groups in total. The minimum atomic E-state index is 0.971. The van der Waals surface area contributed by atoms with E-state index in [4.69, 9.17) is 0 Å². The van der Waals surface area contributed by atoms with E-state index in [-0.39, 0.29) is 0 Å². The van der Waals surface area contributed by atoms with Crippen molar-refractivity contribution in [1.29, 1.82) is 0 Å². The Hall–Kier alpha value is -0.0400. The molecule has 0 aromatic carbocycles. The highest BCUT2D eigenvalue weighted by molar-refractivity contribution is 4.65. The third-order valence-corrected chi connectivity index (χ3v) is 3.69. The Balaban J connectivity index is 2.54. The van der Waals surface area contributed by atoms with E-state index >= 15 is 0 Å². The van der Waals surface area contributed by atoms with Gasteiger partial charge in [-0.05, 0) is 32.1 Å². The average molecular weight is 184 g/mol. The van der Waals surface area contributed by atoms with Crippen molar-refractivity contribution in [2.45, 2.75) is 58.4 Å². The fourth-order valence-electron chi connectivity index (χ4n) is 2.94. The van der Waals surface area contributed by atoms with E-state index in [2.05, 4.69) is 20.9 Å². The van der Waals surface area contributed by atoms with Gasteiger partial charge in [-0.2, -0.15) is 0 Å². The summed E-state index contributed by atoms with van der Waals surface area (Å²) in [6, 6.07) is 0.971. The molecule has 1 heterocycles. The standard InChI is InChI=1S/C12H26N/c1-4-8-12-9-6-7-11-13(12,3)10-5-2/h12H,4-11H2,1-3H3/q+1. The van der Waals surface area contributed by atoms with Crippen LogP contribution in [0.1, 0.15) is 52.4 Å². The summed E-state index contributed by atoms with van der Waals surface area (Å²) in [6.45, 7) is 7.47. The Morgan fingerprint density at radius 2 is 1.92 bits per heavy atom. The van der Waals surface area contributed by atoms with Gasteiger partial charge in [0.15, 0.2) is 0 Å². The Kier molecular flexibility index (Phi) is 4.24. The van der Waals surface area contributed by atoms with Crippen molar-refractivity contribution in [3.63, 3.8) is 0 Å². The number of likely N-dealkylation sites (tertiary alicyclic amines) is 1. The van der Waals surface area contributed by atoms with Gasteiger partial charge in [0.2, 0.25) is 0 Å². The highest BCUT2D eigenvalue weighted by atomic mass is 15.4. The van der Waals surface area contributed by atoms with E-state index in [0.29, 0.717) is 0 Å². The molecule has 0 spiro atoms. The lowest BCUT2D eigenvalue weighted by molar-refractivity contribution is -0.938. The van der Waals surface area contributed by atoms with Crippen molar-refractivity contribution in [2.24, 2.45) is 0 Å². The van der Waals surface area contributed by atoms with Crippen LogP contribution in [0.25, 0.3) is 0 Å². The Morgan fingerprint density at radius 3 is 2.54 bits per heavy atom. The molecule has 1 heteroatoms. The largest absolute Gasteiger partial charge is 0.324 e. The van der Waals surface area contributed by atoms with Crippen molar-refractivity contribution in [3.05, 3.63) is 0 Å². The molecule has 0 amide bonds. The summed E-state index contributed by atoms with van der Waals surface area (Å²) in [4.78, 5) is 0. The molecule has 0 aliphatic carbocycles. The molecule has 78 valence electrons. The van der Waals surface area contributed by atoms with E-state index in [9.17, 15) is 0 Å². The Bertz CT molecular complexity index is 138. The third-order valence-electron chi connectivity index (χ3n) is 3.69. The first-order chi connectivity index (χ1) is 6.23. The van der Waals surface area contributed by atoms with Crippen LogP contribution in [0.5, 0.6) is 0 Å². The van der Waals surface area contributed by atoms with Gasteiger partial charge in [0.05, 0.1) is 26.2 Å². The third kappa shape index (κ3) is 2.70. The lowest BCUT2D eigenvalue weighted by Crippen LogP contribution is -2.55. The minimum absolute atomic E-state index is 0.971. The summed E-state index contributed by atoms with van der Waals surface area (Å²) >= 11 is 0. The quantitative estimate of drug-likeness (QED) is 0.589. The molecule has 0 saturated carbocycles. The smallest absolute Gasteiger partial charge is 0.0888 e. The molecule has 1 saturated heterocycles. The van der Waals surface area contributed by atoms with Gasteiger partial charge in [-0.3, -0.25) is 0 Å². The first kappa shape index (κ1) is 11.0. The van der Waals surface area contributed by atoms with Gasteiger partial charge in [-0.1, -0.05) is 20.3 Å². The summed E-state index contributed by atoms with van der Waals surface area (Å²) in [7, 11) is 2.48. The second-order valence-corrected chi connectivity index (χ2v) is 4.86. The number of rotatable bonds is 4. The average Bonchev–Trinajstić information content (AvgIpc) is 2.10. The van der Waals surface area contributed by atoms with Crippen LogP contribution in [0.15, 0.2) is 0 Å². The maximum atomic E-state index is 2.48. The van der Waals surface area contributed by atoms with Crippen LogP contribution in [0.4, 0.5) is 0 Å². The van der Waals surface area contributed by atoms with Gasteiger partial charge in [-0.15, -0.1) is 0 Å². The Labute approximate surface area is 83.7 Å². The summed E-state index contributed by atoms with van der Waals surface area (Å²) in [5.41, 5.74) is 0. The molecule has 13 heavy (non-hydrogen) atoms. The van der Waals surface area contributed by atoms with Crippen LogP contribution < -0.4 is 0 Å². The predicted octanol–water partition coefficient (Wildman–Crippen LogP) is 3.20. The fourth-order valence-corrected chi connectivity index (χ4v) is 2.94. The highest BCUT2D eigenvalue weighted by Gasteiger charge is 2.33. The number of hydrogen-bond acceptors (Lipinski definition) is 0. The molecule has 1 aliphatic rings. The van der Waals surface area contributed by atoms with Gasteiger partial charge < -0.3 is 4.48 Å². The van der Waals surface area contributed by atoms with Crippen molar-refractivity contribution >= 4 is 0 Å². The lowest BCUT2D eigenvalue weighted by atomic mass is 9.95. The van der Waals surface area contributed by atoms with Gasteiger partial charge >= 0.3 is 0 Å². The van der Waals surface area contributed by atoms with Crippen LogP contribution >= 0.6 is 0 Å². The Morgan fingerprint density at radius 1 is 1.15 bits per heavy atom. The zero-order valence-electron chi connectivity index (χ0n) is 9.68. The molecule has 2 atom stereocenters. The van der Waals surface area contributed by atoms with Crippen LogP contribution in [0, 0.1) is 0 Å². The number of nitrogens with zero attached hydrogens (tertiary/aromatic N) is 1. The number of quaternary nitrogens is 1. The lowest BCUT2D eigenvalue weighted by Gasteiger charge is -2.45. The normalized spacial score (nSPS) is 34.8. The SMILES string of the molecule is CCCC1CCCC[N+]1(C)CCC. The molecule has 0 aromatic rings. The molecule has 1 aliphatic heterocycles. The number of hydrogen-bond donors (Lipinski definition) is 0. The van der Waals surface area contributed by atoms with Gasteiger partial charge in [-0.25, -0.2) is 0 Å². The molecular weight excluding hydrogens is 158 g/mol. The van der Waals surface area contributed by atoms with Crippen LogP contribution in [-0.4, -0.2) is 30.7 Å². The van der Waals surface area contributed by atoms with Crippen molar-refractivity contribution < 1.29 is 4.48 Å². The van der Waals surface area contributed by atoms with Crippen LogP contribution in [0.2, 0.25) is 0 Å². The molecule has 0 radical (unpaired) electrons. The first-order valence-corrected chi connectivity index (χ1v) is 6.07. The van der Waals surface area contributed by atoms with Gasteiger partial charge in [0.25, 0.3) is 0 Å². The van der Waals surface area contributed by atoms with Crippen LogP contribution in [-0.2, 0) is 0 Å². The molecule has 1 rings (SSSR count). The van der Waals surface area contributed by atoms with Crippen molar-refractivity contribution in [3.8, 4) is 0 Å². The minimum Gasteiger partial charge on any atom is -0.324 e. The molecular formula is C12H26N+. The zero-order valence-corrected chi connectivity index (χ0v) is 9.68. The fraction of sp³-hybridized carbons (Fsp3) is 1.00. The number of piperidine rings is 1. The first-order valence-electron chi connectivity index (χ1n) is 6.07. The van der Waals surface area contributed by atoms with E-state index < -0.39 is 0 Å². The highest BCUT2D eigenvalue weighted by Crippen LogP contribution is 2.27. The molecule has 0 aromatic heterocycles. The summed E-state index contributed by atoms with van der Waals surface area (Å²) in [6.07, 6.45) is 8.55. The molecule has 1 fully saturated rings. The molecule has 0 bridgehead atoms. The zero-order chi connectivity index (χ0) is 9.73. The van der Waals surface area contributed by atoms with E-state index in [1.807, 2.05) is 0 Å². The van der Waals surface area contributed by atoms with Gasteiger partial charge in [0, 0.05) is 0 Å². The van der Waals surface area contributed by atoms with Crippen molar-refractivity contribution in [2.75, 3.05) is 20.1 Å². The van der Waals surface area contributed by atoms with Crippen LogP contribution in [0.3, 0.4) is 0 Å². The van der Waals surface area contributed by atoms with Crippen molar-refractivity contribution in [1.82, 2.24) is 0 Å². The second-order valence-electron chi connectivity index (χ2n) is 4.86. The molecule has 1 nitrogen and oxygen atoms in total. The summed E-state index contributed by atoms with van der Waals surface area (Å²) < 4.78 is 1.37. The maximum absolute atomic E-state index is 2.48. The summed E-state index contributed by atoms with van der Waals surface area (Å²) in [5, 5.41) is 0. The predicted molar refractivity (Wildman–Crippen MR) is 58.8 cm³/mol. The topological polar surface area (TPSA) is 0 Å².